The largest absolute Gasteiger partial charge is 0.277 e. The van der Waals surface area contributed by atoms with Crippen molar-refractivity contribution < 1.29 is 18.7 Å². The highest BCUT2D eigenvalue weighted by Gasteiger charge is 2.44. The quantitative estimate of drug-likeness (QED) is 0.507. The smallest absolute Gasteiger partial charge is 0.262 e. The summed E-state index contributed by atoms with van der Waals surface area (Å²) in [6.07, 6.45) is 4.78. The number of amides is 2. The molecule has 2 N–H and O–H groups in total. The molecule has 0 bridgehead atoms. The summed E-state index contributed by atoms with van der Waals surface area (Å²) in [4.78, 5) is 31.6. The van der Waals surface area contributed by atoms with Gasteiger partial charge >= 0.3 is 0 Å². The summed E-state index contributed by atoms with van der Waals surface area (Å²) < 4.78 is 24.2. The van der Waals surface area contributed by atoms with Crippen LogP contribution in [0, 0.1) is 0 Å². The van der Waals surface area contributed by atoms with Gasteiger partial charge in [-0.3, -0.25) is 28.6 Å². The highest BCUT2D eigenvalue weighted by molar-refractivity contribution is 8.25. The molecule has 162 valence electrons. The number of benzene rings is 2. The van der Waals surface area contributed by atoms with Crippen molar-refractivity contribution in [3.63, 3.8) is 0 Å². The number of pyridine rings is 1. The Morgan fingerprint density at radius 2 is 1.56 bits per heavy atom. The molecule has 9 heteroatoms. The molecule has 32 heavy (non-hydrogen) atoms. The predicted molar refractivity (Wildman–Crippen MR) is 124 cm³/mol. The number of anilines is 1. The molecule has 0 saturated carbocycles. The summed E-state index contributed by atoms with van der Waals surface area (Å²) in [5.41, 5.74) is 1.99. The first-order chi connectivity index (χ1) is 15.3. The molecule has 1 aromatic heterocycles. The maximum absolute atomic E-state index is 13.1. The van der Waals surface area contributed by atoms with Gasteiger partial charge in [0.1, 0.15) is 4.90 Å². The lowest BCUT2D eigenvalue weighted by atomic mass is 10.1. The number of rotatable bonds is 3. The average molecular weight is 468 g/mol. The molecule has 7 nitrogen and oxygen atoms in total. The SMILES string of the molecule is C[C@@H](C1=Cc2cccc(Cl)c2S(O)(O)N1c1ccncc1)N1C(=O)c2ccccc2C1=O. The second kappa shape index (κ2) is 7.46. The third-order valence-corrected chi connectivity index (χ3v) is 7.96. The minimum absolute atomic E-state index is 0.191. The van der Waals surface area contributed by atoms with E-state index in [0.29, 0.717) is 28.1 Å². The van der Waals surface area contributed by atoms with E-state index in [9.17, 15) is 18.7 Å². The van der Waals surface area contributed by atoms with Gasteiger partial charge in [0.15, 0.2) is 0 Å². The number of carbonyl (C=O) groups is 2. The van der Waals surface area contributed by atoms with Crippen LogP contribution in [0.15, 0.2) is 77.6 Å². The van der Waals surface area contributed by atoms with Crippen LogP contribution in [0.25, 0.3) is 6.08 Å². The molecule has 1 atom stereocenters. The van der Waals surface area contributed by atoms with Crippen molar-refractivity contribution in [3.05, 3.63) is 94.4 Å². The summed E-state index contributed by atoms with van der Waals surface area (Å²) in [6.45, 7) is 1.69. The zero-order chi connectivity index (χ0) is 22.6. The van der Waals surface area contributed by atoms with Gasteiger partial charge in [-0.25, -0.2) is 4.31 Å². The molecule has 0 radical (unpaired) electrons. The lowest BCUT2D eigenvalue weighted by molar-refractivity contribution is 0.0618. The van der Waals surface area contributed by atoms with E-state index in [0.717, 1.165) is 4.90 Å². The van der Waals surface area contributed by atoms with E-state index in [4.69, 9.17) is 11.6 Å². The molecule has 2 amide bonds. The van der Waals surface area contributed by atoms with Crippen LogP contribution >= 0.6 is 22.4 Å². The van der Waals surface area contributed by atoms with Crippen LogP contribution < -0.4 is 4.31 Å². The fraction of sp³-hybridized carbons (Fsp3) is 0.0870. The van der Waals surface area contributed by atoms with Crippen molar-refractivity contribution >= 4 is 46.0 Å². The van der Waals surface area contributed by atoms with Crippen molar-refractivity contribution in [2.24, 2.45) is 0 Å². The van der Waals surface area contributed by atoms with Crippen LogP contribution in [0.5, 0.6) is 0 Å². The van der Waals surface area contributed by atoms with Gasteiger partial charge in [0, 0.05) is 18.0 Å². The maximum atomic E-state index is 13.1. The average Bonchev–Trinajstić information content (AvgIpc) is 3.03. The Hall–Kier alpha value is -3.17. The van der Waals surface area contributed by atoms with Gasteiger partial charge in [-0.15, -0.1) is 0 Å². The van der Waals surface area contributed by atoms with Gasteiger partial charge < -0.3 is 0 Å². The van der Waals surface area contributed by atoms with Crippen molar-refractivity contribution in [1.29, 1.82) is 0 Å². The lowest BCUT2D eigenvalue weighted by Crippen LogP contribution is -2.45. The van der Waals surface area contributed by atoms with Gasteiger partial charge in [0.2, 0.25) is 0 Å². The number of nitrogens with zero attached hydrogens (tertiary/aromatic N) is 3. The molecule has 0 aliphatic carbocycles. The fourth-order valence-corrected chi connectivity index (χ4v) is 6.50. The van der Waals surface area contributed by atoms with Crippen LogP contribution in [0.1, 0.15) is 33.2 Å². The van der Waals surface area contributed by atoms with Crippen LogP contribution in [-0.4, -0.2) is 36.8 Å². The van der Waals surface area contributed by atoms with Gasteiger partial charge in [0.05, 0.1) is 33.6 Å². The number of hydrogen-bond donors (Lipinski definition) is 2. The van der Waals surface area contributed by atoms with Crippen LogP contribution in [0.2, 0.25) is 5.02 Å². The molecule has 0 fully saturated rings. The summed E-state index contributed by atoms with van der Waals surface area (Å²) in [5, 5.41) is 0.213. The second-order valence-corrected chi connectivity index (χ2v) is 9.67. The molecule has 0 saturated heterocycles. The molecule has 3 aromatic rings. The van der Waals surface area contributed by atoms with Crippen LogP contribution in [0.4, 0.5) is 5.69 Å². The Bertz CT molecular complexity index is 1260. The van der Waals surface area contributed by atoms with E-state index in [1.807, 2.05) is 0 Å². The lowest BCUT2D eigenvalue weighted by Gasteiger charge is -2.50. The molecule has 0 spiro atoms. The van der Waals surface area contributed by atoms with Crippen molar-refractivity contribution in [3.8, 4) is 0 Å². The highest BCUT2D eigenvalue weighted by atomic mass is 35.5. The number of aromatic nitrogens is 1. The van der Waals surface area contributed by atoms with Gasteiger partial charge in [-0.2, -0.15) is 0 Å². The van der Waals surface area contributed by atoms with Crippen molar-refractivity contribution in [1.82, 2.24) is 9.88 Å². The zero-order valence-corrected chi connectivity index (χ0v) is 18.4. The fourth-order valence-electron chi connectivity index (χ4n) is 4.14. The van der Waals surface area contributed by atoms with E-state index >= 15 is 0 Å². The monoisotopic (exact) mass is 467 g/mol. The second-order valence-electron chi connectivity index (χ2n) is 7.45. The van der Waals surface area contributed by atoms with Crippen molar-refractivity contribution in [2.45, 2.75) is 17.9 Å². The third-order valence-electron chi connectivity index (χ3n) is 5.60. The minimum Gasteiger partial charge on any atom is -0.277 e. The topological polar surface area (TPSA) is 94.0 Å². The van der Waals surface area contributed by atoms with E-state index < -0.39 is 28.6 Å². The minimum atomic E-state index is -3.64. The Morgan fingerprint density at radius 1 is 0.938 bits per heavy atom. The van der Waals surface area contributed by atoms with Crippen LogP contribution in [-0.2, 0) is 0 Å². The number of carbonyl (C=O) groups excluding carboxylic acids is 2. The first-order valence-corrected chi connectivity index (χ1v) is 11.7. The number of halogens is 1. The molecule has 2 aromatic carbocycles. The summed E-state index contributed by atoms with van der Waals surface area (Å²) in [6, 6.07) is 14.1. The molecule has 5 rings (SSSR count). The number of hydrogen-bond acceptors (Lipinski definition) is 6. The first-order valence-electron chi connectivity index (χ1n) is 9.78. The normalized spacial score (nSPS) is 18.7. The van der Waals surface area contributed by atoms with E-state index in [2.05, 4.69) is 4.98 Å². The predicted octanol–water partition coefficient (Wildman–Crippen LogP) is 5.31. The Kier molecular flexibility index (Phi) is 4.83. The van der Waals surface area contributed by atoms with Gasteiger partial charge in [0.25, 0.3) is 11.8 Å². The van der Waals surface area contributed by atoms with Gasteiger partial charge in [-0.1, -0.05) is 46.6 Å². The number of fused-ring (bicyclic) bond motifs is 2. The Morgan fingerprint density at radius 3 is 2.19 bits per heavy atom. The molecule has 2 aliphatic rings. The molecule has 2 aliphatic heterocycles. The summed E-state index contributed by atoms with van der Waals surface area (Å²) in [7, 11) is -3.64. The third kappa shape index (κ3) is 2.96. The van der Waals surface area contributed by atoms with Crippen molar-refractivity contribution in [2.75, 3.05) is 4.31 Å². The highest BCUT2D eigenvalue weighted by Crippen LogP contribution is 2.62. The zero-order valence-electron chi connectivity index (χ0n) is 16.8. The summed E-state index contributed by atoms with van der Waals surface area (Å²) >= 11 is 6.35. The number of imide groups is 1. The molecule has 3 heterocycles. The van der Waals surface area contributed by atoms with E-state index in [1.54, 1.807) is 67.6 Å². The first kappa shape index (κ1) is 20.7. The molecule has 0 unspecified atom stereocenters. The Balaban J connectivity index is 1.69. The Labute approximate surface area is 191 Å². The molecular formula is C23H18ClN3O4S. The summed E-state index contributed by atoms with van der Waals surface area (Å²) in [5.74, 6) is -0.857. The van der Waals surface area contributed by atoms with Gasteiger partial charge in [-0.05, 0) is 43.3 Å². The maximum Gasteiger partial charge on any atom is 0.262 e. The standard InChI is InChI=1S/C23H18ClN3O4S/c1-14(26-22(28)17-6-2-3-7-18(17)23(26)29)20-13-15-5-4-8-19(24)21(15)32(30,31)27(20)16-9-11-25-12-10-16/h2-14,30-31H,1H3/t14-/m0/s1. The van der Waals surface area contributed by atoms with E-state index in [-0.39, 0.29) is 9.92 Å². The van der Waals surface area contributed by atoms with E-state index in [1.165, 1.54) is 16.7 Å². The van der Waals surface area contributed by atoms with Crippen LogP contribution in [0.3, 0.4) is 0 Å². The molecular weight excluding hydrogens is 450 g/mol.